The van der Waals surface area contributed by atoms with Gasteiger partial charge in [-0.25, -0.2) is 0 Å². The van der Waals surface area contributed by atoms with E-state index in [0.29, 0.717) is 0 Å². The van der Waals surface area contributed by atoms with Crippen LogP contribution in [0.1, 0.15) is 51.2 Å². The second-order valence-electron chi connectivity index (χ2n) is 6.66. The second kappa shape index (κ2) is 9.28. The number of nitrogens with two attached hydrogens (primary N) is 1. The van der Waals surface area contributed by atoms with Gasteiger partial charge in [-0.05, 0) is 68.6 Å². The highest BCUT2D eigenvalue weighted by atomic mass is 16.5. The molecule has 1 aromatic carbocycles. The molecule has 1 fully saturated rings. The molecule has 3 rings (SSSR count). The number of nitrogens with zero attached hydrogens (tertiary/aromatic N) is 2. The zero-order valence-electron chi connectivity index (χ0n) is 16.0. The molecule has 4 nitrogen and oxygen atoms in total. The Kier molecular flexibility index (Phi) is 7.38. The van der Waals surface area contributed by atoms with Gasteiger partial charge in [0.25, 0.3) is 0 Å². The fourth-order valence-corrected chi connectivity index (χ4v) is 3.94. The normalized spacial score (nSPS) is 19.3. The number of nitrogen functional groups attached to an aromatic ring is 1. The van der Waals surface area contributed by atoms with Gasteiger partial charge in [0.1, 0.15) is 5.75 Å². The Labute approximate surface area is 148 Å². The Hall–Kier alpha value is -1.26. The quantitative estimate of drug-likeness (QED) is 0.856. The van der Waals surface area contributed by atoms with Crippen molar-refractivity contribution in [3.63, 3.8) is 0 Å². The lowest BCUT2D eigenvalue weighted by atomic mass is 9.94. The first kappa shape index (κ1) is 19.1. The van der Waals surface area contributed by atoms with Crippen LogP contribution in [0.4, 0.5) is 5.69 Å². The summed E-state index contributed by atoms with van der Waals surface area (Å²) in [5, 5.41) is 0. The van der Waals surface area contributed by atoms with Crippen molar-refractivity contribution in [2.75, 3.05) is 39.0 Å². The maximum absolute atomic E-state index is 6.08. The van der Waals surface area contributed by atoms with E-state index in [1.165, 1.54) is 56.6 Å². The molecule has 4 heteroatoms. The van der Waals surface area contributed by atoms with E-state index in [9.17, 15) is 0 Å². The summed E-state index contributed by atoms with van der Waals surface area (Å²) in [5.41, 5.74) is 9.64. The smallest absolute Gasteiger partial charge is 0.142 e. The molecule has 2 N–H and O–H groups in total. The lowest BCUT2D eigenvalue weighted by molar-refractivity contribution is 0.0982. The van der Waals surface area contributed by atoms with Crippen LogP contribution >= 0.6 is 0 Å². The summed E-state index contributed by atoms with van der Waals surface area (Å²) in [5.74, 6) is 0.820. The minimum Gasteiger partial charge on any atom is -0.495 e. The van der Waals surface area contributed by atoms with Gasteiger partial charge in [0.05, 0.1) is 12.8 Å². The molecule has 2 heterocycles. The molecule has 0 atom stereocenters. The van der Waals surface area contributed by atoms with Gasteiger partial charge in [-0.2, -0.15) is 0 Å². The van der Waals surface area contributed by atoms with Gasteiger partial charge in [0.15, 0.2) is 0 Å². The van der Waals surface area contributed by atoms with Gasteiger partial charge in [0, 0.05) is 19.1 Å². The molecule has 1 saturated heterocycles. The fraction of sp³-hybridized carbons (Fsp3) is 0.700. The molecule has 2 aliphatic heterocycles. The Morgan fingerprint density at radius 1 is 1.12 bits per heavy atom. The molecule has 136 valence electrons. The molecule has 2 aliphatic rings. The molecule has 0 amide bonds. The topological polar surface area (TPSA) is 41.7 Å². The van der Waals surface area contributed by atoms with Gasteiger partial charge in [0.2, 0.25) is 0 Å². The van der Waals surface area contributed by atoms with Crippen LogP contribution in [-0.4, -0.2) is 49.1 Å². The van der Waals surface area contributed by atoms with E-state index in [1.54, 1.807) is 7.11 Å². The van der Waals surface area contributed by atoms with Crippen LogP contribution in [0.2, 0.25) is 0 Å². The number of likely N-dealkylation sites (tertiary alicyclic amines) is 1. The SMILES string of the molecule is CC.CCCN1CCC(N2CCc3cc(OC)c(N)cc3C2)CC1. The molecule has 0 bridgehead atoms. The lowest BCUT2D eigenvalue weighted by Gasteiger charge is -2.40. The molecule has 24 heavy (non-hydrogen) atoms. The van der Waals surface area contributed by atoms with Crippen molar-refractivity contribution in [3.05, 3.63) is 23.3 Å². The first-order chi connectivity index (χ1) is 11.7. The van der Waals surface area contributed by atoms with Crippen molar-refractivity contribution in [1.82, 2.24) is 9.80 Å². The van der Waals surface area contributed by atoms with Crippen LogP contribution in [-0.2, 0) is 13.0 Å². The highest BCUT2D eigenvalue weighted by Gasteiger charge is 2.27. The number of fused-ring (bicyclic) bond motifs is 1. The number of piperidine rings is 1. The van der Waals surface area contributed by atoms with Crippen LogP contribution < -0.4 is 10.5 Å². The molecule has 0 saturated carbocycles. The number of benzene rings is 1. The van der Waals surface area contributed by atoms with Gasteiger partial charge >= 0.3 is 0 Å². The first-order valence-corrected chi connectivity index (χ1v) is 9.63. The maximum Gasteiger partial charge on any atom is 0.142 e. The number of ether oxygens (including phenoxy) is 1. The third-order valence-electron chi connectivity index (χ3n) is 5.21. The van der Waals surface area contributed by atoms with Gasteiger partial charge in [-0.1, -0.05) is 20.8 Å². The van der Waals surface area contributed by atoms with Crippen molar-refractivity contribution in [3.8, 4) is 5.75 Å². The highest BCUT2D eigenvalue weighted by molar-refractivity contribution is 5.57. The predicted molar refractivity (Wildman–Crippen MR) is 103 cm³/mol. The zero-order valence-corrected chi connectivity index (χ0v) is 16.0. The van der Waals surface area contributed by atoms with Crippen molar-refractivity contribution in [2.24, 2.45) is 0 Å². The summed E-state index contributed by atoms with van der Waals surface area (Å²) in [6, 6.07) is 4.99. The zero-order chi connectivity index (χ0) is 17.5. The number of hydrogen-bond acceptors (Lipinski definition) is 4. The van der Waals surface area contributed by atoms with Crippen LogP contribution in [0.15, 0.2) is 12.1 Å². The molecule has 0 radical (unpaired) electrons. The molecule has 0 aromatic heterocycles. The van der Waals surface area contributed by atoms with Gasteiger partial charge < -0.3 is 15.4 Å². The minimum absolute atomic E-state index is 0.740. The molecular formula is C20H35N3O. The van der Waals surface area contributed by atoms with Gasteiger partial charge in [-0.15, -0.1) is 0 Å². The second-order valence-corrected chi connectivity index (χ2v) is 6.66. The predicted octanol–water partition coefficient (Wildman–Crippen LogP) is 3.54. The summed E-state index contributed by atoms with van der Waals surface area (Å²) >= 11 is 0. The highest BCUT2D eigenvalue weighted by Crippen LogP contribution is 2.31. The Morgan fingerprint density at radius 2 is 1.83 bits per heavy atom. The summed E-state index contributed by atoms with van der Waals surface area (Å²) in [6.07, 6.45) is 4.99. The fourth-order valence-electron chi connectivity index (χ4n) is 3.94. The monoisotopic (exact) mass is 333 g/mol. The van der Waals surface area contributed by atoms with E-state index in [4.69, 9.17) is 10.5 Å². The Morgan fingerprint density at radius 3 is 2.46 bits per heavy atom. The lowest BCUT2D eigenvalue weighted by Crippen LogP contribution is -2.46. The van der Waals surface area contributed by atoms with E-state index < -0.39 is 0 Å². The molecule has 0 unspecified atom stereocenters. The van der Waals surface area contributed by atoms with Crippen molar-refractivity contribution < 1.29 is 4.74 Å². The van der Waals surface area contributed by atoms with Crippen LogP contribution in [0.3, 0.4) is 0 Å². The summed E-state index contributed by atoms with van der Waals surface area (Å²) < 4.78 is 5.34. The molecular weight excluding hydrogens is 298 g/mol. The standard InChI is InChI=1S/C18H29N3O.C2H6/c1-3-7-20-8-5-16(6-9-20)21-10-4-14-12-18(22-2)17(19)11-15(14)13-21;1-2/h11-12,16H,3-10,13,19H2,1-2H3;1-2H3. The molecule has 0 aliphatic carbocycles. The van der Waals surface area contributed by atoms with E-state index >= 15 is 0 Å². The number of methoxy groups -OCH3 is 1. The summed E-state index contributed by atoms with van der Waals surface area (Å²) in [4.78, 5) is 5.27. The number of rotatable bonds is 4. The van der Waals surface area contributed by atoms with Gasteiger partial charge in [-0.3, -0.25) is 4.90 Å². The van der Waals surface area contributed by atoms with Crippen LogP contribution in [0.25, 0.3) is 0 Å². The van der Waals surface area contributed by atoms with Crippen LogP contribution in [0, 0.1) is 0 Å². The van der Waals surface area contributed by atoms with Crippen molar-refractivity contribution >= 4 is 5.69 Å². The molecule has 1 aromatic rings. The Bertz CT molecular complexity index is 510. The number of hydrogen-bond donors (Lipinski definition) is 1. The van der Waals surface area contributed by atoms with E-state index in [1.807, 2.05) is 13.8 Å². The third kappa shape index (κ3) is 4.42. The summed E-state index contributed by atoms with van der Waals surface area (Å²) in [7, 11) is 1.69. The molecule has 0 spiro atoms. The Balaban J connectivity index is 0.00000100. The van der Waals surface area contributed by atoms with Crippen LogP contribution in [0.5, 0.6) is 5.75 Å². The average molecular weight is 334 g/mol. The van der Waals surface area contributed by atoms with Crippen molar-refractivity contribution in [2.45, 2.75) is 59.0 Å². The largest absolute Gasteiger partial charge is 0.495 e. The number of anilines is 1. The van der Waals surface area contributed by atoms with E-state index in [0.717, 1.165) is 30.4 Å². The average Bonchev–Trinajstić information content (AvgIpc) is 2.63. The maximum atomic E-state index is 6.08. The summed E-state index contributed by atoms with van der Waals surface area (Å²) in [6.45, 7) is 12.2. The van der Waals surface area contributed by atoms with Crippen molar-refractivity contribution in [1.29, 1.82) is 0 Å². The third-order valence-corrected chi connectivity index (χ3v) is 5.21. The van der Waals surface area contributed by atoms with E-state index in [-0.39, 0.29) is 0 Å². The first-order valence-electron chi connectivity index (χ1n) is 9.63. The van der Waals surface area contributed by atoms with E-state index in [2.05, 4.69) is 28.9 Å². The minimum atomic E-state index is 0.740.